The SMILES string of the molecule is Cc1c(C(=O)NC(C(=O)OCC2CCCC2)C(C)(C)O)ccc2c1B(O)OC2. The largest absolute Gasteiger partial charge is 0.492 e. The Morgan fingerprint density at radius 2 is 2.04 bits per heavy atom. The van der Waals surface area contributed by atoms with E-state index in [1.807, 2.05) is 0 Å². The highest BCUT2D eigenvalue weighted by Gasteiger charge is 2.38. The Bertz CT molecular complexity index is 754. The van der Waals surface area contributed by atoms with Gasteiger partial charge >= 0.3 is 13.1 Å². The van der Waals surface area contributed by atoms with Crippen LogP contribution in [-0.2, 0) is 20.8 Å². The summed E-state index contributed by atoms with van der Waals surface area (Å²) in [6, 6.07) is 2.16. The lowest BCUT2D eigenvalue weighted by Crippen LogP contribution is -2.55. The number of hydrogen-bond acceptors (Lipinski definition) is 6. The fourth-order valence-electron chi connectivity index (χ4n) is 3.95. The van der Waals surface area contributed by atoms with E-state index in [0.29, 0.717) is 35.7 Å². The zero-order chi connectivity index (χ0) is 20.5. The van der Waals surface area contributed by atoms with Gasteiger partial charge in [-0.3, -0.25) is 4.79 Å². The first kappa shape index (κ1) is 20.8. The third kappa shape index (κ3) is 4.40. The van der Waals surface area contributed by atoms with Crippen molar-refractivity contribution in [2.45, 2.75) is 64.7 Å². The van der Waals surface area contributed by atoms with Gasteiger partial charge in [0.15, 0.2) is 6.04 Å². The summed E-state index contributed by atoms with van der Waals surface area (Å²) in [6.07, 6.45) is 4.35. The van der Waals surface area contributed by atoms with Gasteiger partial charge in [0.2, 0.25) is 0 Å². The maximum absolute atomic E-state index is 12.8. The lowest BCUT2D eigenvalue weighted by Gasteiger charge is -2.29. The van der Waals surface area contributed by atoms with Crippen molar-refractivity contribution in [2.24, 2.45) is 5.92 Å². The van der Waals surface area contributed by atoms with Crippen LogP contribution in [0.2, 0.25) is 0 Å². The van der Waals surface area contributed by atoms with Gasteiger partial charge in [-0.05, 0) is 62.2 Å². The molecule has 2 aliphatic rings. The van der Waals surface area contributed by atoms with Gasteiger partial charge < -0.3 is 24.8 Å². The number of rotatable bonds is 6. The van der Waals surface area contributed by atoms with Crippen LogP contribution in [0.3, 0.4) is 0 Å². The molecule has 8 heteroatoms. The molecule has 1 unspecified atom stereocenters. The number of ether oxygens (including phenoxy) is 1. The standard InChI is InChI=1S/C20H28BNO6/c1-12-15(9-8-14-11-28-21(26)16(12)14)18(23)22-17(20(2,3)25)19(24)27-10-13-6-4-5-7-13/h8-9,13,17,25-26H,4-7,10-11H2,1-3H3,(H,22,23). The second-order valence-corrected chi connectivity index (χ2v) is 8.31. The molecule has 0 bridgehead atoms. The summed E-state index contributed by atoms with van der Waals surface area (Å²) < 4.78 is 10.6. The Labute approximate surface area is 165 Å². The average molecular weight is 389 g/mol. The van der Waals surface area contributed by atoms with Gasteiger partial charge in [-0.2, -0.15) is 0 Å². The highest BCUT2D eigenvalue weighted by molar-refractivity contribution is 6.62. The minimum absolute atomic E-state index is 0.291. The van der Waals surface area contributed by atoms with E-state index < -0.39 is 30.6 Å². The van der Waals surface area contributed by atoms with Crippen LogP contribution >= 0.6 is 0 Å². The van der Waals surface area contributed by atoms with Crippen LogP contribution in [0.4, 0.5) is 0 Å². The minimum atomic E-state index is -1.49. The Kier molecular flexibility index (Phi) is 6.12. The van der Waals surface area contributed by atoms with Crippen molar-refractivity contribution in [3.05, 3.63) is 28.8 Å². The molecule has 0 radical (unpaired) electrons. The van der Waals surface area contributed by atoms with Crippen molar-refractivity contribution in [1.29, 1.82) is 0 Å². The van der Waals surface area contributed by atoms with Crippen LogP contribution < -0.4 is 10.8 Å². The topological polar surface area (TPSA) is 105 Å². The molecule has 1 fully saturated rings. The van der Waals surface area contributed by atoms with Crippen LogP contribution in [0.15, 0.2) is 12.1 Å². The summed E-state index contributed by atoms with van der Waals surface area (Å²) >= 11 is 0. The molecule has 1 aromatic rings. The van der Waals surface area contributed by atoms with E-state index in [2.05, 4.69) is 5.32 Å². The molecule has 1 atom stereocenters. The van der Waals surface area contributed by atoms with E-state index in [9.17, 15) is 19.7 Å². The molecule has 3 N–H and O–H groups in total. The van der Waals surface area contributed by atoms with E-state index in [4.69, 9.17) is 9.39 Å². The quantitative estimate of drug-likeness (QED) is 0.492. The molecule has 0 aromatic heterocycles. The molecule has 28 heavy (non-hydrogen) atoms. The number of nitrogens with one attached hydrogen (secondary N) is 1. The van der Waals surface area contributed by atoms with Gasteiger partial charge in [0.1, 0.15) is 0 Å². The smallest absolute Gasteiger partial charge is 0.464 e. The average Bonchev–Trinajstić information content (AvgIpc) is 3.27. The predicted molar refractivity (Wildman–Crippen MR) is 104 cm³/mol. The van der Waals surface area contributed by atoms with E-state index in [-0.39, 0.29) is 0 Å². The Morgan fingerprint density at radius 3 is 2.68 bits per heavy atom. The lowest BCUT2D eigenvalue weighted by atomic mass is 9.75. The molecule has 1 heterocycles. The molecular formula is C20H28BNO6. The van der Waals surface area contributed by atoms with Gasteiger partial charge in [0.25, 0.3) is 5.91 Å². The molecule has 152 valence electrons. The predicted octanol–water partition coefficient (Wildman–Crippen LogP) is 0.815. The van der Waals surface area contributed by atoms with Gasteiger partial charge in [0, 0.05) is 5.56 Å². The van der Waals surface area contributed by atoms with Crippen LogP contribution in [0, 0.1) is 12.8 Å². The summed E-state index contributed by atoms with van der Waals surface area (Å²) in [6.45, 7) is 5.24. The third-order valence-corrected chi connectivity index (χ3v) is 5.65. The van der Waals surface area contributed by atoms with Crippen LogP contribution in [0.1, 0.15) is 61.0 Å². The second-order valence-electron chi connectivity index (χ2n) is 8.31. The van der Waals surface area contributed by atoms with E-state index in [0.717, 1.165) is 31.2 Å². The molecule has 1 aromatic carbocycles. The van der Waals surface area contributed by atoms with Crippen LogP contribution in [0.25, 0.3) is 0 Å². The lowest BCUT2D eigenvalue weighted by molar-refractivity contribution is -0.153. The first-order valence-electron chi connectivity index (χ1n) is 9.80. The highest BCUT2D eigenvalue weighted by Crippen LogP contribution is 2.25. The molecule has 1 aliphatic heterocycles. The molecular weight excluding hydrogens is 361 g/mol. The summed E-state index contributed by atoms with van der Waals surface area (Å²) in [5.41, 5.74) is 0.832. The Balaban J connectivity index is 1.73. The number of esters is 1. The number of aliphatic hydroxyl groups is 1. The second kappa shape index (κ2) is 8.23. The number of amides is 1. The van der Waals surface area contributed by atoms with Crippen molar-refractivity contribution in [3.63, 3.8) is 0 Å². The van der Waals surface area contributed by atoms with Gasteiger partial charge in [0.05, 0.1) is 18.8 Å². The van der Waals surface area contributed by atoms with Crippen LogP contribution in [0.5, 0.6) is 0 Å². The van der Waals surface area contributed by atoms with Crippen molar-refractivity contribution in [3.8, 4) is 0 Å². The molecule has 0 spiro atoms. The zero-order valence-corrected chi connectivity index (χ0v) is 16.7. The summed E-state index contributed by atoms with van der Waals surface area (Å²) in [5, 5.41) is 23.0. The zero-order valence-electron chi connectivity index (χ0n) is 16.7. The van der Waals surface area contributed by atoms with E-state index in [1.54, 1.807) is 19.1 Å². The highest BCUT2D eigenvalue weighted by atomic mass is 16.5. The van der Waals surface area contributed by atoms with Crippen molar-refractivity contribution < 1.29 is 29.1 Å². The van der Waals surface area contributed by atoms with E-state index >= 15 is 0 Å². The monoisotopic (exact) mass is 389 g/mol. The maximum atomic E-state index is 12.8. The number of carbonyl (C=O) groups excluding carboxylic acids is 2. The van der Waals surface area contributed by atoms with E-state index in [1.165, 1.54) is 13.8 Å². The maximum Gasteiger partial charge on any atom is 0.492 e. The van der Waals surface area contributed by atoms with Crippen LogP contribution in [-0.4, -0.2) is 47.4 Å². The molecule has 1 saturated carbocycles. The normalized spacial score (nSPS) is 18.1. The third-order valence-electron chi connectivity index (χ3n) is 5.65. The number of benzene rings is 1. The fourth-order valence-corrected chi connectivity index (χ4v) is 3.95. The Hall–Kier alpha value is -1.90. The molecule has 1 aliphatic carbocycles. The molecule has 0 saturated heterocycles. The van der Waals surface area contributed by atoms with Gasteiger partial charge in [-0.25, -0.2) is 4.79 Å². The van der Waals surface area contributed by atoms with Crippen molar-refractivity contribution >= 4 is 24.5 Å². The number of hydrogen-bond donors (Lipinski definition) is 3. The fraction of sp³-hybridized carbons (Fsp3) is 0.600. The minimum Gasteiger partial charge on any atom is -0.464 e. The molecule has 7 nitrogen and oxygen atoms in total. The molecule has 3 rings (SSSR count). The molecule has 1 amide bonds. The van der Waals surface area contributed by atoms with Crippen molar-refractivity contribution in [1.82, 2.24) is 5.32 Å². The first-order valence-corrected chi connectivity index (χ1v) is 9.80. The van der Waals surface area contributed by atoms with Crippen molar-refractivity contribution in [2.75, 3.05) is 6.61 Å². The number of fused-ring (bicyclic) bond motifs is 1. The van der Waals surface area contributed by atoms with Gasteiger partial charge in [-0.15, -0.1) is 0 Å². The summed E-state index contributed by atoms with van der Waals surface area (Å²) in [4.78, 5) is 25.4. The van der Waals surface area contributed by atoms with Gasteiger partial charge in [-0.1, -0.05) is 18.9 Å². The summed E-state index contributed by atoms with van der Waals surface area (Å²) in [5.74, 6) is -0.804. The summed E-state index contributed by atoms with van der Waals surface area (Å²) in [7, 11) is -1.07. The number of carbonyl (C=O) groups is 2. The Morgan fingerprint density at radius 1 is 1.36 bits per heavy atom. The first-order chi connectivity index (χ1) is 13.2.